The number of carbonyl (C=O) groups excluding carboxylic acids is 2. The Labute approximate surface area is 131 Å². The highest BCUT2D eigenvalue weighted by Gasteiger charge is 2.14. The van der Waals surface area contributed by atoms with Crippen LogP contribution in [0.5, 0.6) is 0 Å². The standard InChI is InChI=1S/C17H12ClNO3/c1-10(20)19-14-5-2-11(3-6-14)17(21)16-9-12-8-13(18)4-7-15(12)22-16/h2-9H,1H3,(H,19,20). The van der Waals surface area contributed by atoms with Gasteiger partial charge in [-0.05, 0) is 48.5 Å². The zero-order valence-corrected chi connectivity index (χ0v) is 12.5. The van der Waals surface area contributed by atoms with Crippen LogP contribution in [0.2, 0.25) is 5.02 Å². The van der Waals surface area contributed by atoms with Gasteiger partial charge in [-0.1, -0.05) is 11.6 Å². The van der Waals surface area contributed by atoms with Gasteiger partial charge in [0.2, 0.25) is 11.7 Å². The van der Waals surface area contributed by atoms with Crippen LogP contribution in [0.4, 0.5) is 5.69 Å². The van der Waals surface area contributed by atoms with Crippen molar-refractivity contribution in [3.63, 3.8) is 0 Å². The van der Waals surface area contributed by atoms with Crippen LogP contribution >= 0.6 is 11.6 Å². The zero-order chi connectivity index (χ0) is 15.7. The summed E-state index contributed by atoms with van der Waals surface area (Å²) in [5.41, 5.74) is 1.74. The molecule has 0 atom stereocenters. The van der Waals surface area contributed by atoms with Crippen molar-refractivity contribution in [1.29, 1.82) is 0 Å². The van der Waals surface area contributed by atoms with Crippen molar-refractivity contribution in [3.05, 3.63) is 64.9 Å². The van der Waals surface area contributed by atoms with Crippen LogP contribution in [-0.4, -0.2) is 11.7 Å². The summed E-state index contributed by atoms with van der Waals surface area (Å²) in [6, 6.07) is 13.5. The highest BCUT2D eigenvalue weighted by Crippen LogP contribution is 2.25. The Bertz CT molecular complexity index is 865. The molecule has 0 aliphatic carbocycles. The van der Waals surface area contributed by atoms with Crippen LogP contribution in [0.15, 0.2) is 52.9 Å². The minimum Gasteiger partial charge on any atom is -0.453 e. The second kappa shape index (κ2) is 5.66. The second-order valence-corrected chi connectivity index (χ2v) is 5.32. The molecule has 3 rings (SSSR count). The van der Waals surface area contributed by atoms with Crippen molar-refractivity contribution in [2.45, 2.75) is 6.92 Å². The Hall–Kier alpha value is -2.59. The molecule has 2 aromatic carbocycles. The molecule has 1 N–H and O–H groups in total. The van der Waals surface area contributed by atoms with Crippen LogP contribution in [0.3, 0.4) is 0 Å². The number of halogens is 1. The summed E-state index contributed by atoms with van der Waals surface area (Å²) < 4.78 is 5.56. The maximum atomic E-state index is 12.4. The Balaban J connectivity index is 1.90. The summed E-state index contributed by atoms with van der Waals surface area (Å²) in [4.78, 5) is 23.4. The van der Waals surface area contributed by atoms with Crippen LogP contribution in [0.25, 0.3) is 11.0 Å². The fraction of sp³-hybridized carbons (Fsp3) is 0.0588. The number of amides is 1. The minimum absolute atomic E-state index is 0.159. The predicted molar refractivity (Wildman–Crippen MR) is 85.4 cm³/mol. The van der Waals surface area contributed by atoms with Gasteiger partial charge in [-0.15, -0.1) is 0 Å². The quantitative estimate of drug-likeness (QED) is 0.734. The van der Waals surface area contributed by atoms with Crippen molar-refractivity contribution in [2.75, 3.05) is 5.32 Å². The molecule has 3 aromatic rings. The van der Waals surface area contributed by atoms with Crippen molar-refractivity contribution < 1.29 is 14.0 Å². The third-order valence-corrected chi connectivity index (χ3v) is 3.40. The van der Waals surface area contributed by atoms with E-state index in [4.69, 9.17) is 16.0 Å². The van der Waals surface area contributed by atoms with E-state index in [0.717, 1.165) is 5.39 Å². The second-order valence-electron chi connectivity index (χ2n) is 4.88. The number of fused-ring (bicyclic) bond motifs is 1. The number of benzene rings is 2. The Morgan fingerprint density at radius 3 is 2.45 bits per heavy atom. The van der Waals surface area contributed by atoms with E-state index < -0.39 is 0 Å². The largest absolute Gasteiger partial charge is 0.453 e. The molecule has 5 heteroatoms. The molecule has 0 fully saturated rings. The molecule has 0 saturated carbocycles. The third kappa shape index (κ3) is 2.87. The van der Waals surface area contributed by atoms with E-state index in [-0.39, 0.29) is 17.5 Å². The fourth-order valence-electron chi connectivity index (χ4n) is 2.18. The van der Waals surface area contributed by atoms with Crippen molar-refractivity contribution in [2.24, 2.45) is 0 Å². The lowest BCUT2D eigenvalue weighted by Crippen LogP contribution is -2.06. The number of rotatable bonds is 3. The lowest BCUT2D eigenvalue weighted by atomic mass is 10.1. The summed E-state index contributed by atoms with van der Waals surface area (Å²) >= 11 is 5.92. The van der Waals surface area contributed by atoms with Crippen molar-refractivity contribution in [3.8, 4) is 0 Å². The first kappa shape index (κ1) is 14.4. The summed E-state index contributed by atoms with van der Waals surface area (Å²) in [7, 11) is 0. The molecule has 4 nitrogen and oxygen atoms in total. The minimum atomic E-state index is -0.221. The molecule has 0 bridgehead atoms. The van der Waals surface area contributed by atoms with Gasteiger partial charge in [-0.25, -0.2) is 0 Å². The first-order valence-corrected chi connectivity index (χ1v) is 7.02. The van der Waals surface area contributed by atoms with Gasteiger partial charge in [0.25, 0.3) is 0 Å². The first-order valence-electron chi connectivity index (χ1n) is 6.64. The maximum absolute atomic E-state index is 12.4. The van der Waals surface area contributed by atoms with Crippen molar-refractivity contribution in [1.82, 2.24) is 0 Å². The number of hydrogen-bond donors (Lipinski definition) is 1. The summed E-state index contributed by atoms with van der Waals surface area (Å²) in [5, 5.41) is 4.02. The number of ketones is 1. The van der Waals surface area contributed by atoms with Crippen LogP contribution in [-0.2, 0) is 4.79 Å². The molecular formula is C17H12ClNO3. The highest BCUT2D eigenvalue weighted by atomic mass is 35.5. The monoisotopic (exact) mass is 313 g/mol. The van der Waals surface area contributed by atoms with E-state index >= 15 is 0 Å². The van der Waals surface area contributed by atoms with Gasteiger partial charge < -0.3 is 9.73 Å². The van der Waals surface area contributed by atoms with Gasteiger partial charge in [0.05, 0.1) is 0 Å². The van der Waals surface area contributed by atoms with Crippen LogP contribution in [0.1, 0.15) is 23.0 Å². The van der Waals surface area contributed by atoms with Crippen molar-refractivity contribution >= 4 is 39.9 Å². The van der Waals surface area contributed by atoms with Gasteiger partial charge in [0, 0.05) is 28.6 Å². The normalized spacial score (nSPS) is 10.6. The zero-order valence-electron chi connectivity index (χ0n) is 11.7. The molecule has 0 aliphatic heterocycles. The molecule has 0 aliphatic rings. The van der Waals surface area contributed by atoms with Gasteiger partial charge in [-0.2, -0.15) is 0 Å². The lowest BCUT2D eigenvalue weighted by molar-refractivity contribution is -0.114. The number of hydrogen-bond acceptors (Lipinski definition) is 3. The van der Waals surface area contributed by atoms with E-state index in [1.54, 1.807) is 48.5 Å². The topological polar surface area (TPSA) is 59.3 Å². The average Bonchev–Trinajstić information content (AvgIpc) is 2.89. The molecule has 1 aromatic heterocycles. The van der Waals surface area contributed by atoms with Gasteiger partial charge in [-0.3, -0.25) is 9.59 Å². The van der Waals surface area contributed by atoms with E-state index in [2.05, 4.69) is 5.32 Å². The van der Waals surface area contributed by atoms with E-state index in [1.807, 2.05) is 0 Å². The molecule has 1 heterocycles. The first-order chi connectivity index (χ1) is 10.5. The number of nitrogens with one attached hydrogen (secondary N) is 1. The Morgan fingerprint density at radius 2 is 1.77 bits per heavy atom. The third-order valence-electron chi connectivity index (χ3n) is 3.17. The highest BCUT2D eigenvalue weighted by molar-refractivity contribution is 6.31. The maximum Gasteiger partial charge on any atom is 0.228 e. The van der Waals surface area contributed by atoms with Crippen LogP contribution < -0.4 is 5.32 Å². The molecule has 110 valence electrons. The average molecular weight is 314 g/mol. The van der Waals surface area contributed by atoms with E-state index in [9.17, 15) is 9.59 Å². The van der Waals surface area contributed by atoms with Gasteiger partial charge in [0.1, 0.15) is 5.58 Å². The molecular weight excluding hydrogens is 302 g/mol. The smallest absolute Gasteiger partial charge is 0.228 e. The molecule has 22 heavy (non-hydrogen) atoms. The van der Waals surface area contributed by atoms with E-state index in [1.165, 1.54) is 6.92 Å². The fourth-order valence-corrected chi connectivity index (χ4v) is 2.36. The summed E-state index contributed by atoms with van der Waals surface area (Å²) in [6.45, 7) is 1.43. The van der Waals surface area contributed by atoms with E-state index in [0.29, 0.717) is 21.9 Å². The molecule has 0 saturated heterocycles. The number of anilines is 1. The van der Waals surface area contributed by atoms with Gasteiger partial charge in [0.15, 0.2) is 5.76 Å². The summed E-state index contributed by atoms with van der Waals surface area (Å²) in [5.74, 6) is -0.125. The summed E-state index contributed by atoms with van der Waals surface area (Å²) in [6.07, 6.45) is 0. The molecule has 0 spiro atoms. The SMILES string of the molecule is CC(=O)Nc1ccc(C(=O)c2cc3cc(Cl)ccc3o2)cc1. The Kier molecular flexibility index (Phi) is 3.69. The van der Waals surface area contributed by atoms with Gasteiger partial charge >= 0.3 is 0 Å². The Morgan fingerprint density at radius 1 is 1.05 bits per heavy atom. The molecule has 0 radical (unpaired) electrons. The van der Waals surface area contributed by atoms with Crippen LogP contribution in [0, 0.1) is 0 Å². The lowest BCUT2D eigenvalue weighted by Gasteiger charge is -2.02. The number of carbonyl (C=O) groups is 2. The molecule has 0 unspecified atom stereocenters. The molecule has 1 amide bonds. The number of furan rings is 1. The predicted octanol–water partition coefficient (Wildman–Crippen LogP) is 4.28.